The first-order chi connectivity index (χ1) is 9.74. The van der Waals surface area contributed by atoms with Gasteiger partial charge in [0.1, 0.15) is 19.3 Å². The van der Waals surface area contributed by atoms with Gasteiger partial charge in [-0.25, -0.2) is 0 Å². The number of anilines is 1. The lowest BCUT2D eigenvalue weighted by atomic mass is 10.1. The highest BCUT2D eigenvalue weighted by Gasteiger charge is 2.38. The predicted molar refractivity (Wildman–Crippen MR) is 79.2 cm³/mol. The standard InChI is InChI=1S/C15H20N4O/c1-3-16-13-10-19-14(9-18(13)4-2)17-12-8-6-5-7-11(12)15(19)20/h5-8,14H,3-4,9-10H2,1-2H3,(H,17,20)/p+1/t14-/m0/s1. The third-order valence-electron chi connectivity index (χ3n) is 3.97. The van der Waals surface area contributed by atoms with Crippen LogP contribution < -0.4 is 10.6 Å². The molecular weight excluding hydrogens is 252 g/mol. The third kappa shape index (κ3) is 2.03. The maximum atomic E-state index is 12.6. The SMILES string of the molecule is CCNC1=[N+](CC)C[C@H]2Nc3ccccc3C(=O)N2C1. The fourth-order valence-corrected chi connectivity index (χ4v) is 2.95. The van der Waals surface area contributed by atoms with Gasteiger partial charge in [-0.05, 0) is 26.0 Å². The minimum Gasteiger partial charge on any atom is -0.361 e. The normalized spacial score (nSPS) is 21.2. The molecule has 0 saturated heterocycles. The molecule has 0 aliphatic carbocycles. The van der Waals surface area contributed by atoms with Crippen molar-refractivity contribution in [2.24, 2.45) is 0 Å². The van der Waals surface area contributed by atoms with Crippen molar-refractivity contribution in [3.63, 3.8) is 0 Å². The number of para-hydroxylation sites is 1. The fraction of sp³-hybridized carbons (Fsp3) is 0.467. The number of fused-ring (bicyclic) bond motifs is 2. The lowest BCUT2D eigenvalue weighted by Crippen LogP contribution is -2.61. The zero-order chi connectivity index (χ0) is 14.1. The van der Waals surface area contributed by atoms with Gasteiger partial charge in [-0.2, -0.15) is 0 Å². The molecule has 1 aromatic rings. The average Bonchev–Trinajstić information content (AvgIpc) is 2.48. The maximum absolute atomic E-state index is 12.6. The molecule has 1 atom stereocenters. The molecular formula is C15H21N4O+. The Kier molecular flexibility index (Phi) is 3.34. The smallest absolute Gasteiger partial charge is 0.264 e. The van der Waals surface area contributed by atoms with E-state index in [4.69, 9.17) is 0 Å². The van der Waals surface area contributed by atoms with Crippen molar-refractivity contribution in [2.45, 2.75) is 20.0 Å². The van der Waals surface area contributed by atoms with Crippen LogP contribution in [0.4, 0.5) is 5.69 Å². The quantitative estimate of drug-likeness (QED) is 0.788. The number of likely N-dealkylation sites (N-methyl/N-ethyl adjacent to an activating group) is 2. The molecule has 1 aromatic carbocycles. The lowest BCUT2D eigenvalue weighted by molar-refractivity contribution is -0.536. The number of nitrogens with one attached hydrogen (secondary N) is 2. The summed E-state index contributed by atoms with van der Waals surface area (Å²) in [4.78, 5) is 14.5. The molecule has 0 spiro atoms. The molecule has 2 N–H and O–H groups in total. The molecule has 0 fully saturated rings. The molecule has 2 heterocycles. The van der Waals surface area contributed by atoms with Gasteiger partial charge in [0.05, 0.1) is 18.7 Å². The summed E-state index contributed by atoms with van der Waals surface area (Å²) in [6.07, 6.45) is 0.0553. The molecule has 0 saturated carbocycles. The van der Waals surface area contributed by atoms with Crippen molar-refractivity contribution in [3.05, 3.63) is 29.8 Å². The molecule has 1 amide bonds. The van der Waals surface area contributed by atoms with E-state index in [2.05, 4.69) is 29.1 Å². The summed E-state index contributed by atoms with van der Waals surface area (Å²) in [7, 11) is 0. The number of hydrogen-bond acceptors (Lipinski definition) is 3. The van der Waals surface area contributed by atoms with Crippen molar-refractivity contribution < 1.29 is 9.37 Å². The van der Waals surface area contributed by atoms with Crippen LogP contribution in [-0.2, 0) is 0 Å². The highest BCUT2D eigenvalue weighted by molar-refractivity contribution is 6.03. The van der Waals surface area contributed by atoms with E-state index < -0.39 is 0 Å². The Morgan fingerprint density at radius 3 is 2.95 bits per heavy atom. The van der Waals surface area contributed by atoms with Crippen LogP contribution in [0.25, 0.3) is 0 Å². The summed E-state index contributed by atoms with van der Waals surface area (Å²) >= 11 is 0. The summed E-state index contributed by atoms with van der Waals surface area (Å²) in [6.45, 7) is 7.52. The summed E-state index contributed by atoms with van der Waals surface area (Å²) in [5.74, 6) is 1.26. The molecule has 5 heteroatoms. The first kappa shape index (κ1) is 13.0. The number of rotatable bonds is 2. The second-order valence-electron chi connectivity index (χ2n) is 5.15. The number of amidine groups is 1. The van der Waals surface area contributed by atoms with Crippen LogP contribution in [0.15, 0.2) is 24.3 Å². The molecule has 0 unspecified atom stereocenters. The number of hydrogen-bond donors (Lipinski definition) is 2. The first-order valence-corrected chi connectivity index (χ1v) is 7.25. The van der Waals surface area contributed by atoms with Crippen LogP contribution in [0.1, 0.15) is 24.2 Å². The van der Waals surface area contributed by atoms with Crippen molar-refractivity contribution in [2.75, 3.05) is 31.5 Å². The Labute approximate surface area is 119 Å². The predicted octanol–water partition coefficient (Wildman–Crippen LogP) is 0.934. The van der Waals surface area contributed by atoms with Crippen molar-refractivity contribution in [3.8, 4) is 0 Å². The Bertz CT molecular complexity index is 567. The summed E-state index contributed by atoms with van der Waals surface area (Å²) in [5, 5.41) is 6.86. The molecule has 2 aliphatic heterocycles. The van der Waals surface area contributed by atoms with E-state index in [-0.39, 0.29) is 12.1 Å². The first-order valence-electron chi connectivity index (χ1n) is 7.25. The van der Waals surface area contributed by atoms with Crippen LogP contribution in [0.2, 0.25) is 0 Å². The molecule has 106 valence electrons. The monoisotopic (exact) mass is 273 g/mol. The van der Waals surface area contributed by atoms with Gasteiger partial charge in [-0.1, -0.05) is 12.1 Å². The van der Waals surface area contributed by atoms with Crippen LogP contribution in [0.3, 0.4) is 0 Å². The minimum absolute atomic E-state index is 0.0553. The Morgan fingerprint density at radius 2 is 2.20 bits per heavy atom. The van der Waals surface area contributed by atoms with Gasteiger partial charge in [0.25, 0.3) is 11.7 Å². The highest BCUT2D eigenvalue weighted by Crippen LogP contribution is 2.26. The molecule has 5 nitrogen and oxygen atoms in total. The van der Waals surface area contributed by atoms with Crippen LogP contribution in [-0.4, -0.2) is 53.6 Å². The Hall–Kier alpha value is -2.04. The number of carbonyl (C=O) groups excluding carboxylic acids is 1. The van der Waals surface area contributed by atoms with E-state index >= 15 is 0 Å². The van der Waals surface area contributed by atoms with E-state index in [1.165, 1.54) is 0 Å². The number of nitrogens with zero attached hydrogens (tertiary/aromatic N) is 2. The topological polar surface area (TPSA) is 47.4 Å². The van der Waals surface area contributed by atoms with E-state index in [9.17, 15) is 4.79 Å². The molecule has 0 bridgehead atoms. The van der Waals surface area contributed by atoms with E-state index in [0.717, 1.165) is 36.7 Å². The Morgan fingerprint density at radius 1 is 1.40 bits per heavy atom. The third-order valence-corrected chi connectivity index (χ3v) is 3.97. The van der Waals surface area contributed by atoms with Crippen LogP contribution in [0, 0.1) is 0 Å². The molecule has 3 rings (SSSR count). The minimum atomic E-state index is 0.0553. The number of benzene rings is 1. The van der Waals surface area contributed by atoms with Gasteiger partial charge in [0.15, 0.2) is 0 Å². The van der Waals surface area contributed by atoms with Crippen LogP contribution >= 0.6 is 0 Å². The molecule has 2 aliphatic rings. The zero-order valence-corrected chi connectivity index (χ0v) is 12.0. The van der Waals surface area contributed by atoms with Gasteiger partial charge in [-0.3, -0.25) is 14.7 Å². The van der Waals surface area contributed by atoms with Crippen LogP contribution in [0.5, 0.6) is 0 Å². The second-order valence-corrected chi connectivity index (χ2v) is 5.15. The van der Waals surface area contributed by atoms with Crippen molar-refractivity contribution >= 4 is 17.4 Å². The van der Waals surface area contributed by atoms with Gasteiger partial charge in [0, 0.05) is 5.69 Å². The molecule has 0 radical (unpaired) electrons. The zero-order valence-electron chi connectivity index (χ0n) is 12.0. The van der Waals surface area contributed by atoms with Crippen molar-refractivity contribution in [1.82, 2.24) is 10.2 Å². The lowest BCUT2D eigenvalue weighted by Gasteiger charge is -2.40. The Balaban J connectivity index is 1.93. The summed E-state index contributed by atoms with van der Waals surface area (Å²) < 4.78 is 2.30. The van der Waals surface area contributed by atoms with Gasteiger partial charge in [-0.15, -0.1) is 0 Å². The second kappa shape index (κ2) is 5.15. The fourth-order valence-electron chi connectivity index (χ4n) is 2.95. The van der Waals surface area contributed by atoms with E-state index in [0.29, 0.717) is 6.54 Å². The van der Waals surface area contributed by atoms with Crippen molar-refractivity contribution in [1.29, 1.82) is 0 Å². The molecule has 0 aromatic heterocycles. The summed E-state index contributed by atoms with van der Waals surface area (Å²) in [6, 6.07) is 7.74. The number of carbonyl (C=O) groups is 1. The highest BCUT2D eigenvalue weighted by atomic mass is 16.2. The average molecular weight is 273 g/mol. The maximum Gasteiger partial charge on any atom is 0.264 e. The summed E-state index contributed by atoms with van der Waals surface area (Å²) in [5.41, 5.74) is 1.71. The largest absolute Gasteiger partial charge is 0.361 e. The molecule has 20 heavy (non-hydrogen) atoms. The van der Waals surface area contributed by atoms with Gasteiger partial charge < -0.3 is 10.2 Å². The van der Waals surface area contributed by atoms with E-state index in [1.54, 1.807) is 0 Å². The van der Waals surface area contributed by atoms with Gasteiger partial charge in [0.2, 0.25) is 0 Å². The van der Waals surface area contributed by atoms with E-state index in [1.807, 2.05) is 29.2 Å². The number of amides is 1. The van der Waals surface area contributed by atoms with Gasteiger partial charge >= 0.3 is 0 Å².